The number of rotatable bonds is 5. The van der Waals surface area contributed by atoms with Gasteiger partial charge in [0.1, 0.15) is 0 Å². The molecule has 0 radical (unpaired) electrons. The number of hydrogen-bond donors (Lipinski definition) is 1. The Morgan fingerprint density at radius 3 is 2.86 bits per heavy atom. The van der Waals surface area contributed by atoms with Gasteiger partial charge in [-0.3, -0.25) is 0 Å². The third-order valence-corrected chi connectivity index (χ3v) is 5.83. The Kier molecular flexibility index (Phi) is 5.66. The summed E-state index contributed by atoms with van der Waals surface area (Å²) in [6, 6.07) is 6.91. The lowest BCUT2D eigenvalue weighted by Gasteiger charge is -2.32. The molecular weight excluding hydrogens is 308 g/mol. The molecule has 6 heteroatoms. The van der Waals surface area contributed by atoms with E-state index in [1.54, 1.807) is 22.5 Å². The first kappa shape index (κ1) is 16.7. The quantitative estimate of drug-likeness (QED) is 0.903. The van der Waals surface area contributed by atoms with Crippen LogP contribution in [0.5, 0.6) is 0 Å². The van der Waals surface area contributed by atoms with Gasteiger partial charge in [-0.05, 0) is 43.5 Å². The summed E-state index contributed by atoms with van der Waals surface area (Å²) in [7, 11) is -3.43. The van der Waals surface area contributed by atoms with Gasteiger partial charge in [-0.15, -0.1) is 0 Å². The molecule has 1 aromatic rings. The third kappa shape index (κ3) is 4.42. The molecule has 0 aliphatic carbocycles. The van der Waals surface area contributed by atoms with Crippen LogP contribution >= 0.6 is 11.6 Å². The number of halogens is 1. The van der Waals surface area contributed by atoms with Gasteiger partial charge in [0.05, 0.1) is 4.90 Å². The van der Waals surface area contributed by atoms with Crippen molar-refractivity contribution >= 4 is 21.6 Å². The third-order valence-electron chi connectivity index (χ3n) is 3.73. The number of piperidine rings is 1. The topological polar surface area (TPSA) is 49.4 Å². The van der Waals surface area contributed by atoms with E-state index in [2.05, 4.69) is 19.2 Å². The lowest BCUT2D eigenvalue weighted by atomic mass is 9.99. The minimum absolute atomic E-state index is 0.285. The minimum Gasteiger partial charge on any atom is -0.314 e. The van der Waals surface area contributed by atoms with Crippen LogP contribution in [0.3, 0.4) is 0 Å². The number of nitrogens with zero attached hydrogens (tertiary/aromatic N) is 1. The first-order valence-corrected chi connectivity index (χ1v) is 9.20. The lowest BCUT2D eigenvalue weighted by Crippen LogP contribution is -2.43. The summed E-state index contributed by atoms with van der Waals surface area (Å²) in [6.07, 6.45) is 1.98. The van der Waals surface area contributed by atoms with Crippen LogP contribution in [0, 0.1) is 5.92 Å². The smallest absolute Gasteiger partial charge is 0.243 e. The molecule has 0 aromatic heterocycles. The molecule has 21 heavy (non-hydrogen) atoms. The Balaban J connectivity index is 2.09. The molecule has 1 N–H and O–H groups in total. The van der Waals surface area contributed by atoms with Crippen molar-refractivity contribution in [2.24, 2.45) is 5.92 Å². The van der Waals surface area contributed by atoms with Gasteiger partial charge in [0.25, 0.3) is 0 Å². The maximum Gasteiger partial charge on any atom is 0.243 e. The zero-order valence-electron chi connectivity index (χ0n) is 12.5. The first-order chi connectivity index (χ1) is 9.89. The van der Waals surface area contributed by atoms with Crippen LogP contribution in [-0.2, 0) is 10.0 Å². The number of benzene rings is 1. The van der Waals surface area contributed by atoms with Gasteiger partial charge in [-0.25, -0.2) is 8.42 Å². The molecule has 1 fully saturated rings. The van der Waals surface area contributed by atoms with Crippen LogP contribution < -0.4 is 5.32 Å². The van der Waals surface area contributed by atoms with Crippen molar-refractivity contribution in [2.75, 3.05) is 19.6 Å². The van der Waals surface area contributed by atoms with Crippen molar-refractivity contribution < 1.29 is 8.42 Å². The van der Waals surface area contributed by atoms with Crippen LogP contribution in [0.1, 0.15) is 26.7 Å². The number of sulfonamides is 1. The van der Waals surface area contributed by atoms with E-state index >= 15 is 0 Å². The lowest BCUT2D eigenvalue weighted by molar-refractivity contribution is 0.256. The molecule has 0 amide bonds. The fourth-order valence-electron chi connectivity index (χ4n) is 2.59. The Hall–Kier alpha value is -0.620. The van der Waals surface area contributed by atoms with Crippen molar-refractivity contribution in [3.8, 4) is 0 Å². The van der Waals surface area contributed by atoms with Gasteiger partial charge < -0.3 is 5.32 Å². The molecule has 0 bridgehead atoms. The summed E-state index contributed by atoms with van der Waals surface area (Å²) >= 11 is 5.91. The van der Waals surface area contributed by atoms with E-state index in [1.807, 2.05) is 0 Å². The molecule has 1 atom stereocenters. The predicted octanol–water partition coefficient (Wildman–Crippen LogP) is 2.74. The summed E-state index contributed by atoms with van der Waals surface area (Å²) in [6.45, 7) is 6.23. The van der Waals surface area contributed by atoms with E-state index in [0.717, 1.165) is 19.4 Å². The standard InChI is InChI=1S/C15H23ClN2O2S/c1-12(2)17-10-13-5-4-8-18(11-13)21(19,20)15-7-3-6-14(16)9-15/h3,6-7,9,12-13,17H,4-5,8,10-11H2,1-2H3. The average molecular weight is 331 g/mol. The maximum atomic E-state index is 12.7. The van der Waals surface area contributed by atoms with Crippen LogP contribution in [0.15, 0.2) is 29.2 Å². The molecule has 1 saturated heterocycles. The average Bonchev–Trinajstić information content (AvgIpc) is 2.45. The fourth-order valence-corrected chi connectivity index (χ4v) is 4.45. The highest BCUT2D eigenvalue weighted by Gasteiger charge is 2.30. The van der Waals surface area contributed by atoms with Crippen LogP contribution in [0.4, 0.5) is 0 Å². The normalized spacial score (nSPS) is 20.9. The highest BCUT2D eigenvalue weighted by molar-refractivity contribution is 7.89. The van der Waals surface area contributed by atoms with Gasteiger partial charge in [0, 0.05) is 24.2 Å². The maximum absolute atomic E-state index is 12.7. The van der Waals surface area contributed by atoms with Crippen LogP contribution in [-0.4, -0.2) is 38.4 Å². The Morgan fingerprint density at radius 2 is 2.19 bits per heavy atom. The molecule has 1 aromatic carbocycles. The largest absolute Gasteiger partial charge is 0.314 e. The summed E-state index contributed by atoms with van der Waals surface area (Å²) in [5.41, 5.74) is 0. The molecule has 2 rings (SSSR count). The summed E-state index contributed by atoms with van der Waals surface area (Å²) < 4.78 is 26.9. The minimum atomic E-state index is -3.43. The second-order valence-corrected chi connectivity index (χ2v) is 8.27. The molecule has 1 aliphatic rings. The summed E-state index contributed by atoms with van der Waals surface area (Å²) in [4.78, 5) is 0.285. The first-order valence-electron chi connectivity index (χ1n) is 7.38. The predicted molar refractivity (Wildman–Crippen MR) is 86.1 cm³/mol. The van der Waals surface area contributed by atoms with Crippen LogP contribution in [0.25, 0.3) is 0 Å². The van der Waals surface area contributed by atoms with E-state index < -0.39 is 10.0 Å². The van der Waals surface area contributed by atoms with Crippen molar-refractivity contribution in [2.45, 2.75) is 37.6 Å². The van der Waals surface area contributed by atoms with Crippen molar-refractivity contribution in [1.29, 1.82) is 0 Å². The number of nitrogens with one attached hydrogen (secondary N) is 1. The van der Waals surface area contributed by atoms with Crippen LogP contribution in [0.2, 0.25) is 5.02 Å². The zero-order valence-corrected chi connectivity index (χ0v) is 14.1. The summed E-state index contributed by atoms with van der Waals surface area (Å²) in [5, 5.41) is 3.84. The van der Waals surface area contributed by atoms with Crippen molar-refractivity contribution in [3.63, 3.8) is 0 Å². The Bertz CT molecular complexity index is 575. The second kappa shape index (κ2) is 7.09. The Morgan fingerprint density at radius 1 is 1.43 bits per heavy atom. The molecule has 0 spiro atoms. The van der Waals surface area contributed by atoms with E-state index in [0.29, 0.717) is 30.1 Å². The van der Waals surface area contributed by atoms with Gasteiger partial charge in [0.15, 0.2) is 0 Å². The summed E-state index contributed by atoms with van der Waals surface area (Å²) in [5.74, 6) is 0.370. The fraction of sp³-hybridized carbons (Fsp3) is 0.600. The second-order valence-electron chi connectivity index (χ2n) is 5.89. The molecule has 4 nitrogen and oxygen atoms in total. The molecule has 1 unspecified atom stereocenters. The van der Waals surface area contributed by atoms with Crippen molar-refractivity contribution in [1.82, 2.24) is 9.62 Å². The monoisotopic (exact) mass is 330 g/mol. The molecule has 0 saturated carbocycles. The van der Waals surface area contributed by atoms with E-state index in [9.17, 15) is 8.42 Å². The van der Waals surface area contributed by atoms with Gasteiger partial charge >= 0.3 is 0 Å². The molecule has 118 valence electrons. The number of hydrogen-bond acceptors (Lipinski definition) is 3. The highest BCUT2D eigenvalue weighted by Crippen LogP contribution is 2.25. The van der Waals surface area contributed by atoms with Gasteiger partial charge in [-0.2, -0.15) is 4.31 Å². The molecular formula is C15H23ClN2O2S. The van der Waals surface area contributed by atoms with E-state index in [-0.39, 0.29) is 4.90 Å². The zero-order chi connectivity index (χ0) is 15.5. The Labute approximate surface area is 132 Å². The van der Waals surface area contributed by atoms with E-state index in [4.69, 9.17) is 11.6 Å². The van der Waals surface area contributed by atoms with E-state index in [1.165, 1.54) is 6.07 Å². The van der Waals surface area contributed by atoms with Gasteiger partial charge in [-0.1, -0.05) is 31.5 Å². The SMILES string of the molecule is CC(C)NCC1CCCN(S(=O)(=O)c2cccc(Cl)c2)C1. The highest BCUT2D eigenvalue weighted by atomic mass is 35.5. The molecule has 1 heterocycles. The van der Waals surface area contributed by atoms with Crippen molar-refractivity contribution in [3.05, 3.63) is 29.3 Å². The van der Waals surface area contributed by atoms with Gasteiger partial charge in [0.2, 0.25) is 10.0 Å². The molecule has 1 aliphatic heterocycles.